The Bertz CT molecular complexity index is 894. The van der Waals surface area contributed by atoms with Crippen molar-refractivity contribution in [2.24, 2.45) is 0 Å². The minimum absolute atomic E-state index is 0. The summed E-state index contributed by atoms with van der Waals surface area (Å²) in [7, 11) is 0. The van der Waals surface area contributed by atoms with Crippen LogP contribution in [-0.4, -0.2) is 11.5 Å². The molecule has 0 fully saturated rings. The fourth-order valence-corrected chi connectivity index (χ4v) is 9.03. The van der Waals surface area contributed by atoms with E-state index in [9.17, 15) is 0 Å². The van der Waals surface area contributed by atoms with Gasteiger partial charge in [0, 0.05) is 60.1 Å². The summed E-state index contributed by atoms with van der Waals surface area (Å²) in [5, 5.41) is 0. The van der Waals surface area contributed by atoms with Crippen molar-refractivity contribution in [3.63, 3.8) is 0 Å². The first-order valence-electron chi connectivity index (χ1n) is 21.9. The van der Waals surface area contributed by atoms with Crippen LogP contribution in [0.15, 0.2) is 49.1 Å². The van der Waals surface area contributed by atoms with Gasteiger partial charge in [-0.25, -0.2) is 9.13 Å². The summed E-state index contributed by atoms with van der Waals surface area (Å²) in [5.41, 5.74) is 2.92. The van der Waals surface area contributed by atoms with Gasteiger partial charge in [-0.2, -0.15) is 23.5 Å². The highest BCUT2D eigenvalue weighted by Crippen LogP contribution is 2.17. The molecule has 302 valence electrons. The zero-order valence-electron chi connectivity index (χ0n) is 34.1. The van der Waals surface area contributed by atoms with Crippen LogP contribution in [0.25, 0.3) is 0 Å². The van der Waals surface area contributed by atoms with Crippen LogP contribution in [0.5, 0.6) is 0 Å². The molecular weight excluding hydrogens is 804 g/mol. The zero-order chi connectivity index (χ0) is 35.4. The largest absolute Gasteiger partial charge is 1.00 e. The van der Waals surface area contributed by atoms with Gasteiger partial charge < -0.3 is 34.0 Å². The summed E-state index contributed by atoms with van der Waals surface area (Å²) >= 11 is 4.15. The molecule has 0 unspecified atom stereocenters. The lowest BCUT2D eigenvalue weighted by Gasteiger charge is -2.04. The first-order valence-corrected chi connectivity index (χ1v) is 24.2. The molecule has 2 nitrogen and oxygen atoms in total. The number of aryl methyl sites for hydroxylation is 2. The number of thioether (sulfide) groups is 2. The van der Waals surface area contributed by atoms with E-state index in [1.54, 1.807) is 0 Å². The van der Waals surface area contributed by atoms with Crippen LogP contribution < -0.4 is 43.1 Å². The molecule has 0 bridgehead atoms. The lowest BCUT2D eigenvalue weighted by atomic mass is 10.0. The van der Waals surface area contributed by atoms with Crippen molar-refractivity contribution in [3.05, 3.63) is 60.2 Å². The second-order valence-corrected chi connectivity index (χ2v) is 17.4. The Morgan fingerprint density at radius 2 is 0.577 bits per heavy atom. The summed E-state index contributed by atoms with van der Waals surface area (Å²) < 4.78 is 4.77. The molecule has 0 atom stereocenters. The highest BCUT2D eigenvalue weighted by atomic mass is 79.9. The molecule has 0 saturated heterocycles. The third-order valence-corrected chi connectivity index (χ3v) is 12.7. The average Bonchev–Trinajstić information content (AvgIpc) is 3.14. The fraction of sp³-hybridized carbons (Fsp3) is 0.783. The summed E-state index contributed by atoms with van der Waals surface area (Å²) in [4.78, 5) is 0. The van der Waals surface area contributed by atoms with Crippen LogP contribution in [0, 0.1) is 0 Å². The number of hydrogen-bond donors (Lipinski definition) is 0. The topological polar surface area (TPSA) is 7.76 Å². The molecule has 52 heavy (non-hydrogen) atoms. The standard InChI is InChI=1S/C46H82N2S2.2BrH/c1-3-5-7-9-11-13-15-17-19-21-23-25-27-29-35-47-37-31-45(32-38-47)43-49-41-42-50-44-46-33-39-48(40-34-46)36-30-28-26-24-22-20-18-16-14-12-10-8-6-4-2;;/h31-34,37-40H,3-30,35-36,41-44H2,1-2H3;2*1H/q+2;;/p-2. The molecule has 0 aromatic carbocycles. The van der Waals surface area contributed by atoms with Crippen molar-refractivity contribution < 1.29 is 43.1 Å². The van der Waals surface area contributed by atoms with Crippen molar-refractivity contribution >= 4 is 23.5 Å². The summed E-state index contributed by atoms with van der Waals surface area (Å²) in [6, 6.07) is 9.34. The highest BCUT2D eigenvalue weighted by Gasteiger charge is 2.04. The Labute approximate surface area is 354 Å². The number of nitrogens with zero attached hydrogens (tertiary/aromatic N) is 2. The number of halogens is 2. The normalized spacial score (nSPS) is 11.0. The van der Waals surface area contributed by atoms with Crippen molar-refractivity contribution in [2.45, 2.75) is 218 Å². The fourth-order valence-electron chi connectivity index (χ4n) is 6.94. The van der Waals surface area contributed by atoms with Crippen molar-refractivity contribution in [2.75, 3.05) is 11.5 Å². The molecule has 2 aromatic heterocycles. The molecule has 2 rings (SSSR count). The van der Waals surface area contributed by atoms with Crippen LogP contribution in [-0.2, 0) is 24.6 Å². The molecule has 0 N–H and O–H groups in total. The molecule has 0 radical (unpaired) electrons. The van der Waals surface area contributed by atoms with E-state index in [2.05, 4.69) is 95.6 Å². The maximum atomic E-state index is 2.38. The Balaban J connectivity index is 0.0000130. The van der Waals surface area contributed by atoms with Crippen LogP contribution in [0.4, 0.5) is 0 Å². The smallest absolute Gasteiger partial charge is 0.169 e. The van der Waals surface area contributed by atoms with E-state index in [1.807, 2.05) is 0 Å². The van der Waals surface area contributed by atoms with Gasteiger partial charge in [0.2, 0.25) is 0 Å². The predicted octanol–water partition coefficient (Wildman–Crippen LogP) is 8.40. The number of rotatable bonds is 37. The van der Waals surface area contributed by atoms with E-state index in [0.29, 0.717) is 0 Å². The Kier molecular flexibility index (Phi) is 40.6. The van der Waals surface area contributed by atoms with Gasteiger partial charge >= 0.3 is 0 Å². The van der Waals surface area contributed by atoms with Crippen LogP contribution in [0.3, 0.4) is 0 Å². The van der Waals surface area contributed by atoms with E-state index in [4.69, 9.17) is 0 Å². The summed E-state index contributed by atoms with van der Waals surface area (Å²) in [6.07, 6.45) is 49.2. The first kappa shape index (κ1) is 52.0. The highest BCUT2D eigenvalue weighted by molar-refractivity contribution is 8.02. The molecule has 0 amide bonds. The Morgan fingerprint density at radius 1 is 0.346 bits per heavy atom. The number of pyridine rings is 2. The van der Waals surface area contributed by atoms with Crippen LogP contribution in [0.1, 0.15) is 205 Å². The zero-order valence-corrected chi connectivity index (χ0v) is 38.9. The number of unbranched alkanes of at least 4 members (excludes halogenated alkanes) is 26. The molecule has 0 saturated carbocycles. The molecule has 0 aliphatic rings. The van der Waals surface area contributed by atoms with E-state index < -0.39 is 0 Å². The van der Waals surface area contributed by atoms with E-state index in [0.717, 1.165) is 11.5 Å². The van der Waals surface area contributed by atoms with Crippen LogP contribution >= 0.6 is 23.5 Å². The Hall–Kier alpha value is -0.0400. The molecular formula is C46H82Br2N2S2. The van der Waals surface area contributed by atoms with Gasteiger partial charge in [0.1, 0.15) is 13.1 Å². The van der Waals surface area contributed by atoms with Gasteiger partial charge in [0.25, 0.3) is 0 Å². The number of aromatic nitrogens is 2. The molecule has 0 aliphatic heterocycles. The minimum Gasteiger partial charge on any atom is -1.00 e. The lowest BCUT2D eigenvalue weighted by molar-refractivity contribution is -0.697. The molecule has 2 aromatic rings. The van der Waals surface area contributed by atoms with E-state index in [-0.39, 0.29) is 34.0 Å². The second kappa shape index (κ2) is 40.6. The average molecular weight is 887 g/mol. The van der Waals surface area contributed by atoms with Gasteiger partial charge in [-0.1, -0.05) is 168 Å². The maximum Gasteiger partial charge on any atom is 0.169 e. The van der Waals surface area contributed by atoms with E-state index in [1.165, 1.54) is 216 Å². The third kappa shape index (κ3) is 32.2. The van der Waals surface area contributed by atoms with Crippen molar-refractivity contribution in [1.29, 1.82) is 0 Å². The van der Waals surface area contributed by atoms with E-state index >= 15 is 0 Å². The predicted molar refractivity (Wildman–Crippen MR) is 226 cm³/mol. The molecule has 0 spiro atoms. The Morgan fingerprint density at radius 3 is 0.827 bits per heavy atom. The van der Waals surface area contributed by atoms with Crippen molar-refractivity contribution in [1.82, 2.24) is 0 Å². The van der Waals surface area contributed by atoms with Gasteiger partial charge in [0.05, 0.1) is 0 Å². The molecule has 2 heterocycles. The van der Waals surface area contributed by atoms with Gasteiger partial charge in [-0.3, -0.25) is 0 Å². The summed E-state index contributed by atoms with van der Waals surface area (Å²) in [6.45, 7) is 6.94. The SMILES string of the molecule is CCCCCCCCCCCCCCCC[n+]1ccc(CSCCSCc2cc[n+](CCCCCCCCCCCCCCCC)cc2)cc1.[Br-].[Br-]. The quantitative estimate of drug-likeness (QED) is 0.0498. The van der Waals surface area contributed by atoms with Gasteiger partial charge in [-0.05, 0) is 24.0 Å². The first-order chi connectivity index (χ1) is 24.8. The minimum atomic E-state index is 0. The molecule has 6 heteroatoms. The summed E-state index contributed by atoms with van der Waals surface area (Å²) in [5.74, 6) is 4.71. The van der Waals surface area contributed by atoms with Gasteiger partial charge in [0.15, 0.2) is 24.8 Å². The van der Waals surface area contributed by atoms with Crippen LogP contribution in [0.2, 0.25) is 0 Å². The third-order valence-electron chi connectivity index (χ3n) is 10.4. The second-order valence-electron chi connectivity index (χ2n) is 15.2. The molecule has 0 aliphatic carbocycles. The lowest BCUT2D eigenvalue weighted by Crippen LogP contribution is -3.00. The van der Waals surface area contributed by atoms with Gasteiger partial charge in [-0.15, -0.1) is 0 Å². The number of hydrogen-bond acceptors (Lipinski definition) is 2. The maximum absolute atomic E-state index is 2.38. The van der Waals surface area contributed by atoms with Crippen molar-refractivity contribution in [3.8, 4) is 0 Å². The monoisotopic (exact) mass is 884 g/mol.